The molecule has 0 saturated heterocycles. The highest BCUT2D eigenvalue weighted by Gasteiger charge is 2.02. The van der Waals surface area contributed by atoms with E-state index in [0.29, 0.717) is 12.3 Å². The molecule has 11 heavy (non-hydrogen) atoms. The van der Waals surface area contributed by atoms with E-state index in [-0.39, 0.29) is 5.78 Å². The van der Waals surface area contributed by atoms with Gasteiger partial charge in [-0.2, -0.15) is 0 Å². The summed E-state index contributed by atoms with van der Waals surface area (Å²) in [6.45, 7) is 7.25. The molecule has 1 nitrogen and oxygen atoms in total. The van der Waals surface area contributed by atoms with Crippen LogP contribution in [0.1, 0.15) is 33.1 Å². The van der Waals surface area contributed by atoms with Crippen molar-refractivity contribution in [2.75, 3.05) is 0 Å². The van der Waals surface area contributed by atoms with Crippen LogP contribution in [0.15, 0.2) is 18.4 Å². The molecular weight excluding hydrogens is 136 g/mol. The summed E-state index contributed by atoms with van der Waals surface area (Å²) in [6, 6.07) is 0. The highest BCUT2D eigenvalue weighted by atomic mass is 16.1. The van der Waals surface area contributed by atoms with Gasteiger partial charge in [-0.15, -0.1) is 5.73 Å². The number of ketones is 1. The van der Waals surface area contributed by atoms with E-state index in [4.69, 9.17) is 0 Å². The van der Waals surface area contributed by atoms with Crippen molar-refractivity contribution in [2.24, 2.45) is 5.92 Å². The van der Waals surface area contributed by atoms with Gasteiger partial charge in [-0.25, -0.2) is 0 Å². The Hall–Kier alpha value is -0.810. The van der Waals surface area contributed by atoms with Crippen LogP contribution in [0.5, 0.6) is 0 Å². The summed E-state index contributed by atoms with van der Waals surface area (Å²) >= 11 is 0. The van der Waals surface area contributed by atoms with Gasteiger partial charge in [0.15, 0.2) is 0 Å². The van der Waals surface area contributed by atoms with Crippen LogP contribution in [0.2, 0.25) is 0 Å². The van der Waals surface area contributed by atoms with Crippen LogP contribution in [0.4, 0.5) is 0 Å². The molecule has 0 bridgehead atoms. The molecule has 0 radical (unpaired) electrons. The molecule has 1 heteroatoms. The summed E-state index contributed by atoms with van der Waals surface area (Å²) in [5, 5.41) is 0. The van der Waals surface area contributed by atoms with Gasteiger partial charge in [0.05, 0.1) is 0 Å². The number of carbonyl (C=O) groups excluding carboxylic acids is 1. The summed E-state index contributed by atoms with van der Waals surface area (Å²) in [5.74, 6) is 0.748. The van der Waals surface area contributed by atoms with Crippen LogP contribution in [0.3, 0.4) is 0 Å². The van der Waals surface area contributed by atoms with Crippen molar-refractivity contribution in [2.45, 2.75) is 33.1 Å². The first-order chi connectivity index (χ1) is 5.20. The molecule has 0 aromatic carbocycles. The maximum Gasteiger partial charge on any atom is 0.129 e. The van der Waals surface area contributed by atoms with Crippen molar-refractivity contribution in [3.05, 3.63) is 18.4 Å². The summed E-state index contributed by atoms with van der Waals surface area (Å²) < 4.78 is 0. The first-order valence-electron chi connectivity index (χ1n) is 4.06. The van der Waals surface area contributed by atoms with E-state index < -0.39 is 0 Å². The molecule has 0 aliphatic carbocycles. The minimum atomic E-state index is 0.265. The summed E-state index contributed by atoms with van der Waals surface area (Å²) in [6.07, 6.45) is 4.63. The predicted molar refractivity (Wildman–Crippen MR) is 47.4 cm³/mol. The molecule has 0 rings (SSSR count). The molecule has 0 spiro atoms. The normalized spacial score (nSPS) is 11.8. The Morgan fingerprint density at radius 2 is 2.36 bits per heavy atom. The van der Waals surface area contributed by atoms with Crippen molar-refractivity contribution in [1.82, 2.24) is 0 Å². The highest BCUT2D eigenvalue weighted by molar-refractivity contribution is 5.75. The van der Waals surface area contributed by atoms with E-state index in [0.717, 1.165) is 12.8 Å². The number of Topliss-reactive ketones (excluding diaryl/α,β-unsaturated/α-hetero) is 1. The fourth-order valence-electron chi connectivity index (χ4n) is 0.961. The van der Waals surface area contributed by atoms with Crippen LogP contribution < -0.4 is 0 Å². The lowest BCUT2D eigenvalue weighted by molar-refractivity contribution is -0.117. The second-order valence-corrected chi connectivity index (χ2v) is 2.78. The van der Waals surface area contributed by atoms with Crippen molar-refractivity contribution < 1.29 is 4.79 Å². The standard InChI is InChI=1S/C10H16O/c1-4-6-10(5-2)8-7-9(3)11/h6,10H,1,5,7-8H2,2-3H3. The average molecular weight is 152 g/mol. The molecule has 0 aromatic rings. The molecule has 0 N–H and O–H groups in total. The number of hydrogen-bond donors (Lipinski definition) is 0. The number of rotatable bonds is 5. The van der Waals surface area contributed by atoms with Crippen LogP contribution >= 0.6 is 0 Å². The lowest BCUT2D eigenvalue weighted by atomic mass is 9.99. The second-order valence-electron chi connectivity index (χ2n) is 2.78. The zero-order valence-corrected chi connectivity index (χ0v) is 7.39. The number of hydrogen-bond acceptors (Lipinski definition) is 1. The molecular formula is C10H16O. The Bertz CT molecular complexity index is 164. The van der Waals surface area contributed by atoms with E-state index in [9.17, 15) is 4.79 Å². The smallest absolute Gasteiger partial charge is 0.129 e. The molecule has 0 heterocycles. The topological polar surface area (TPSA) is 17.1 Å². The van der Waals surface area contributed by atoms with E-state index in [1.165, 1.54) is 0 Å². The van der Waals surface area contributed by atoms with Gasteiger partial charge in [0.25, 0.3) is 0 Å². The number of carbonyl (C=O) groups is 1. The van der Waals surface area contributed by atoms with E-state index >= 15 is 0 Å². The minimum Gasteiger partial charge on any atom is -0.300 e. The van der Waals surface area contributed by atoms with E-state index in [2.05, 4.69) is 19.2 Å². The van der Waals surface area contributed by atoms with Gasteiger partial charge >= 0.3 is 0 Å². The largest absolute Gasteiger partial charge is 0.300 e. The molecule has 0 amide bonds. The maximum atomic E-state index is 10.6. The molecule has 62 valence electrons. The first kappa shape index (κ1) is 10.2. The Kier molecular flexibility index (Phi) is 5.50. The molecule has 0 fully saturated rings. The van der Waals surface area contributed by atoms with Gasteiger partial charge in [-0.3, -0.25) is 0 Å². The Morgan fingerprint density at radius 3 is 2.73 bits per heavy atom. The Morgan fingerprint density at radius 1 is 1.73 bits per heavy atom. The van der Waals surface area contributed by atoms with Crippen molar-refractivity contribution in [3.63, 3.8) is 0 Å². The van der Waals surface area contributed by atoms with Gasteiger partial charge in [0, 0.05) is 6.42 Å². The van der Waals surface area contributed by atoms with E-state index in [1.807, 2.05) is 6.08 Å². The van der Waals surface area contributed by atoms with Gasteiger partial charge in [0.2, 0.25) is 0 Å². The lowest BCUT2D eigenvalue weighted by Gasteiger charge is -2.05. The van der Waals surface area contributed by atoms with Crippen LogP contribution in [0, 0.1) is 5.92 Å². The lowest BCUT2D eigenvalue weighted by Crippen LogP contribution is -1.98. The Balaban J connectivity index is 3.69. The van der Waals surface area contributed by atoms with Crippen LogP contribution in [-0.2, 0) is 4.79 Å². The first-order valence-corrected chi connectivity index (χ1v) is 4.06. The zero-order valence-electron chi connectivity index (χ0n) is 7.39. The Labute approximate surface area is 68.8 Å². The van der Waals surface area contributed by atoms with Gasteiger partial charge < -0.3 is 4.79 Å². The van der Waals surface area contributed by atoms with Crippen molar-refractivity contribution >= 4 is 5.78 Å². The van der Waals surface area contributed by atoms with Crippen LogP contribution in [-0.4, -0.2) is 5.78 Å². The molecule has 0 saturated carbocycles. The van der Waals surface area contributed by atoms with Gasteiger partial charge in [-0.05, 0) is 31.8 Å². The predicted octanol–water partition coefficient (Wildman–Crippen LogP) is 2.72. The molecule has 1 atom stereocenters. The van der Waals surface area contributed by atoms with E-state index in [1.54, 1.807) is 6.92 Å². The maximum absolute atomic E-state index is 10.6. The van der Waals surface area contributed by atoms with Crippen molar-refractivity contribution in [1.29, 1.82) is 0 Å². The summed E-state index contributed by atoms with van der Waals surface area (Å²) in [7, 11) is 0. The molecule has 0 aromatic heterocycles. The average Bonchev–Trinajstić information content (AvgIpc) is 1.97. The van der Waals surface area contributed by atoms with Gasteiger partial charge in [-0.1, -0.05) is 13.5 Å². The molecule has 0 aliphatic rings. The summed E-state index contributed by atoms with van der Waals surface area (Å²) in [5.41, 5.74) is 2.76. The molecule has 1 unspecified atom stereocenters. The monoisotopic (exact) mass is 152 g/mol. The van der Waals surface area contributed by atoms with Gasteiger partial charge in [0.1, 0.15) is 5.78 Å². The molecule has 0 aliphatic heterocycles. The van der Waals surface area contributed by atoms with Crippen molar-refractivity contribution in [3.8, 4) is 0 Å². The third kappa shape index (κ3) is 5.63. The number of allylic oxidation sites excluding steroid dienone is 1. The quantitative estimate of drug-likeness (QED) is 0.553. The summed E-state index contributed by atoms with van der Waals surface area (Å²) in [4.78, 5) is 10.6. The fraction of sp³-hybridized carbons (Fsp3) is 0.600. The SMILES string of the molecule is C=C=CC(CC)CCC(C)=O. The minimum absolute atomic E-state index is 0.265. The van der Waals surface area contributed by atoms with Crippen LogP contribution in [0.25, 0.3) is 0 Å². The fourth-order valence-corrected chi connectivity index (χ4v) is 0.961. The zero-order chi connectivity index (χ0) is 8.69. The third-order valence-corrected chi connectivity index (χ3v) is 1.75. The highest BCUT2D eigenvalue weighted by Crippen LogP contribution is 2.11. The second kappa shape index (κ2) is 5.94. The third-order valence-electron chi connectivity index (χ3n) is 1.75.